The Morgan fingerprint density at radius 2 is 0.842 bits per heavy atom. The van der Waals surface area contributed by atoms with Crippen LogP contribution in [0.1, 0.15) is 41.5 Å². The SMILES string of the molecule is CC(C)(C)P1c2c(cccc2-c2ccccc2)O[C@@H]1[C@@H]1Oc2cccc(-c3ccccc3)c2P1C(C)(C)C. The summed E-state index contributed by atoms with van der Waals surface area (Å²) in [5.41, 5.74) is 5.11. The van der Waals surface area contributed by atoms with E-state index < -0.39 is 15.8 Å². The first kappa shape index (κ1) is 25.6. The van der Waals surface area contributed by atoms with Crippen LogP contribution in [0.2, 0.25) is 0 Å². The van der Waals surface area contributed by atoms with E-state index in [1.54, 1.807) is 0 Å². The van der Waals surface area contributed by atoms with Crippen molar-refractivity contribution in [1.82, 2.24) is 0 Å². The second kappa shape index (κ2) is 9.51. The summed E-state index contributed by atoms with van der Waals surface area (Å²) in [6, 6.07) is 34.7. The minimum absolute atomic E-state index is 0.00813. The molecule has 2 heterocycles. The average molecular weight is 539 g/mol. The molecule has 0 spiro atoms. The van der Waals surface area contributed by atoms with Gasteiger partial charge in [-0.15, -0.1) is 0 Å². The second-order valence-corrected chi connectivity index (χ2v) is 18.2. The first-order chi connectivity index (χ1) is 18.1. The summed E-state index contributed by atoms with van der Waals surface area (Å²) >= 11 is 0. The van der Waals surface area contributed by atoms with Crippen LogP contribution in [0.5, 0.6) is 11.5 Å². The highest BCUT2D eigenvalue weighted by Gasteiger charge is 2.55. The molecule has 0 bridgehead atoms. The van der Waals surface area contributed by atoms with Crippen LogP contribution in [0.3, 0.4) is 0 Å². The van der Waals surface area contributed by atoms with Crippen molar-refractivity contribution in [2.24, 2.45) is 0 Å². The number of hydrogen-bond acceptors (Lipinski definition) is 2. The van der Waals surface area contributed by atoms with Crippen molar-refractivity contribution in [3.8, 4) is 33.8 Å². The molecule has 2 aliphatic rings. The van der Waals surface area contributed by atoms with Gasteiger partial charge in [-0.05, 0) is 60.5 Å². The van der Waals surface area contributed by atoms with Gasteiger partial charge in [-0.25, -0.2) is 0 Å². The lowest BCUT2D eigenvalue weighted by Crippen LogP contribution is -2.38. The first-order valence-corrected chi connectivity index (χ1v) is 16.3. The van der Waals surface area contributed by atoms with Gasteiger partial charge in [0.2, 0.25) is 0 Å². The zero-order chi connectivity index (χ0) is 26.7. The molecule has 4 atom stereocenters. The van der Waals surface area contributed by atoms with Gasteiger partial charge in [-0.1, -0.05) is 126 Å². The lowest BCUT2D eigenvalue weighted by molar-refractivity contribution is 0.171. The maximum atomic E-state index is 7.01. The van der Waals surface area contributed by atoms with Gasteiger partial charge in [0.15, 0.2) is 11.7 Å². The molecule has 0 saturated heterocycles. The minimum Gasteiger partial charge on any atom is -0.481 e. The van der Waals surface area contributed by atoms with E-state index in [1.165, 1.54) is 32.9 Å². The molecule has 38 heavy (non-hydrogen) atoms. The Balaban J connectivity index is 1.50. The van der Waals surface area contributed by atoms with E-state index in [9.17, 15) is 0 Å². The first-order valence-electron chi connectivity index (χ1n) is 13.4. The normalized spacial score (nSPS) is 22.4. The predicted octanol–water partition coefficient (Wildman–Crippen LogP) is 8.97. The Morgan fingerprint density at radius 1 is 0.474 bits per heavy atom. The maximum absolute atomic E-state index is 7.01. The van der Waals surface area contributed by atoms with Gasteiger partial charge in [-0.2, -0.15) is 0 Å². The number of hydrogen-bond donors (Lipinski definition) is 0. The van der Waals surface area contributed by atoms with Crippen molar-refractivity contribution in [1.29, 1.82) is 0 Å². The third kappa shape index (κ3) is 4.37. The Kier molecular flexibility index (Phi) is 6.41. The molecule has 4 aromatic rings. The van der Waals surface area contributed by atoms with Gasteiger partial charge in [-0.3, -0.25) is 0 Å². The van der Waals surface area contributed by atoms with E-state index in [0.717, 1.165) is 11.5 Å². The van der Waals surface area contributed by atoms with Crippen LogP contribution in [-0.2, 0) is 0 Å². The summed E-state index contributed by atoms with van der Waals surface area (Å²) in [5.74, 6) is 2.05. The molecule has 194 valence electrons. The Bertz CT molecular complexity index is 1340. The summed E-state index contributed by atoms with van der Waals surface area (Å²) in [5, 5.41) is 2.88. The summed E-state index contributed by atoms with van der Waals surface area (Å²) in [7, 11) is -1.38. The van der Waals surface area contributed by atoms with Crippen LogP contribution in [0.25, 0.3) is 22.3 Å². The second-order valence-electron chi connectivity index (χ2n) is 12.1. The Morgan fingerprint density at radius 3 is 1.18 bits per heavy atom. The zero-order valence-electron chi connectivity index (χ0n) is 23.1. The van der Waals surface area contributed by atoms with Gasteiger partial charge in [0.05, 0.1) is 0 Å². The molecule has 6 rings (SSSR count). The minimum atomic E-state index is -0.692. The largest absolute Gasteiger partial charge is 0.481 e. The van der Waals surface area contributed by atoms with Crippen LogP contribution in [0, 0.1) is 0 Å². The topological polar surface area (TPSA) is 18.5 Å². The van der Waals surface area contributed by atoms with E-state index in [2.05, 4.69) is 139 Å². The standard InChI is InChI=1S/C34H36O2P2/c1-33(2,3)37-29-25(23-15-9-7-10-16-23)19-13-21-27(29)35-31(37)32-36-28-22-14-20-26(24-17-11-8-12-18-24)30(28)38(32)34(4,5)6/h7-22,31-32H,1-6H3/t31-,32+,37?,38?. The van der Waals surface area contributed by atoms with Crippen molar-refractivity contribution in [2.75, 3.05) is 0 Å². The molecule has 0 amide bonds. The molecule has 0 fully saturated rings. The summed E-state index contributed by atoms with van der Waals surface area (Å²) < 4.78 is 14.0. The van der Waals surface area contributed by atoms with Gasteiger partial charge < -0.3 is 9.47 Å². The molecule has 2 unspecified atom stereocenters. The molecular weight excluding hydrogens is 502 g/mol. The fourth-order valence-electron chi connectivity index (χ4n) is 5.86. The fourth-order valence-corrected chi connectivity index (χ4v) is 12.8. The van der Waals surface area contributed by atoms with Gasteiger partial charge in [0.1, 0.15) is 11.5 Å². The molecule has 4 heteroatoms. The van der Waals surface area contributed by atoms with E-state index in [1.807, 2.05) is 0 Å². The van der Waals surface area contributed by atoms with Gasteiger partial charge in [0.25, 0.3) is 0 Å². The monoisotopic (exact) mass is 538 g/mol. The van der Waals surface area contributed by atoms with E-state index in [4.69, 9.17) is 9.47 Å². The smallest absolute Gasteiger partial charge is 0.162 e. The number of benzene rings is 4. The van der Waals surface area contributed by atoms with Crippen LogP contribution >= 0.6 is 15.8 Å². The highest BCUT2D eigenvalue weighted by Crippen LogP contribution is 2.69. The molecular formula is C34H36O2P2. The van der Waals surface area contributed by atoms with Crippen molar-refractivity contribution in [3.05, 3.63) is 97.1 Å². The van der Waals surface area contributed by atoms with Gasteiger partial charge >= 0.3 is 0 Å². The lowest BCUT2D eigenvalue weighted by Gasteiger charge is -2.40. The Labute approximate surface area is 229 Å². The average Bonchev–Trinajstić information content (AvgIpc) is 3.48. The molecule has 0 radical (unpaired) electrons. The molecule has 2 aliphatic heterocycles. The highest BCUT2D eigenvalue weighted by atomic mass is 31.1. The van der Waals surface area contributed by atoms with Crippen LogP contribution in [-0.4, -0.2) is 22.0 Å². The molecule has 0 N–H and O–H groups in total. The highest BCUT2D eigenvalue weighted by molar-refractivity contribution is 7.72. The zero-order valence-corrected chi connectivity index (χ0v) is 24.9. The number of ether oxygens (including phenoxy) is 2. The number of rotatable bonds is 3. The van der Waals surface area contributed by atoms with Crippen LogP contribution < -0.4 is 20.1 Å². The van der Waals surface area contributed by atoms with Crippen LogP contribution in [0.4, 0.5) is 0 Å². The van der Waals surface area contributed by atoms with Gasteiger partial charge in [0, 0.05) is 10.6 Å². The van der Waals surface area contributed by atoms with Crippen molar-refractivity contribution in [2.45, 2.75) is 63.5 Å². The summed E-state index contributed by atoms with van der Waals surface area (Å²) in [4.78, 5) is 0. The van der Waals surface area contributed by atoms with E-state index in [0.29, 0.717) is 0 Å². The van der Waals surface area contributed by atoms with Crippen molar-refractivity contribution >= 4 is 26.5 Å². The third-order valence-corrected chi connectivity index (χ3v) is 14.1. The van der Waals surface area contributed by atoms with E-state index >= 15 is 0 Å². The van der Waals surface area contributed by atoms with E-state index in [-0.39, 0.29) is 22.0 Å². The molecule has 0 aromatic heterocycles. The summed E-state index contributed by atoms with van der Waals surface area (Å²) in [6.07, 6.45) is 0. The predicted molar refractivity (Wildman–Crippen MR) is 165 cm³/mol. The molecule has 4 aromatic carbocycles. The molecule has 0 saturated carbocycles. The maximum Gasteiger partial charge on any atom is 0.162 e. The fraction of sp³-hybridized carbons (Fsp3) is 0.294. The third-order valence-electron chi connectivity index (χ3n) is 7.34. The van der Waals surface area contributed by atoms with Crippen molar-refractivity contribution < 1.29 is 9.47 Å². The molecule has 2 nitrogen and oxygen atoms in total. The van der Waals surface area contributed by atoms with Crippen LogP contribution in [0.15, 0.2) is 97.1 Å². The molecule has 0 aliphatic carbocycles. The summed E-state index contributed by atoms with van der Waals surface area (Å²) in [6.45, 7) is 14.3. The van der Waals surface area contributed by atoms with Crippen molar-refractivity contribution in [3.63, 3.8) is 0 Å². The lowest BCUT2D eigenvalue weighted by atomic mass is 10.1. The number of fused-ring (bicyclic) bond motifs is 2. The quantitative estimate of drug-likeness (QED) is 0.242. The Hall–Kier alpha value is -2.66.